The van der Waals surface area contributed by atoms with E-state index >= 15 is 0 Å². The number of fused-ring (bicyclic) bond motifs is 2. The van der Waals surface area contributed by atoms with Gasteiger partial charge >= 0.3 is 0 Å². The predicted octanol–water partition coefficient (Wildman–Crippen LogP) is 2.59. The fourth-order valence-electron chi connectivity index (χ4n) is 4.10. The smallest absolute Gasteiger partial charge is 0.132 e. The summed E-state index contributed by atoms with van der Waals surface area (Å²) in [7, 11) is 0. The van der Waals surface area contributed by atoms with Crippen LogP contribution in [0.3, 0.4) is 0 Å². The lowest BCUT2D eigenvalue weighted by molar-refractivity contribution is 0.243. The molecule has 0 saturated carbocycles. The van der Waals surface area contributed by atoms with Crippen molar-refractivity contribution in [2.75, 3.05) is 19.6 Å². The number of hydrogen-bond acceptors (Lipinski definition) is 4. The van der Waals surface area contributed by atoms with Crippen molar-refractivity contribution in [2.24, 2.45) is 0 Å². The van der Waals surface area contributed by atoms with E-state index in [0.717, 1.165) is 51.4 Å². The van der Waals surface area contributed by atoms with Crippen molar-refractivity contribution >= 4 is 10.9 Å². The Morgan fingerprint density at radius 3 is 3.12 bits per heavy atom. The van der Waals surface area contributed by atoms with Gasteiger partial charge in [-0.05, 0) is 24.6 Å². The molecule has 2 N–H and O–H groups in total. The number of nitrogens with zero attached hydrogens (tertiary/aromatic N) is 3. The fourth-order valence-corrected chi connectivity index (χ4v) is 4.10. The van der Waals surface area contributed by atoms with E-state index < -0.39 is 0 Å². The highest BCUT2D eigenvalue weighted by Crippen LogP contribution is 2.25. The Hall–Kier alpha value is -2.24. The zero-order valence-corrected chi connectivity index (χ0v) is 14.3. The summed E-state index contributed by atoms with van der Waals surface area (Å²) in [5.74, 6) is 1.53. The third kappa shape index (κ3) is 2.83. The van der Waals surface area contributed by atoms with Crippen molar-refractivity contribution in [3.63, 3.8) is 0 Å². The molecule has 4 heterocycles. The number of rotatable bonds is 3. The SMILES string of the molecule is c1ccc2c(CN3CCc4nc(C5CCNC5)ncc4C3)c[nH]c2c1. The Morgan fingerprint density at radius 2 is 2.20 bits per heavy atom. The summed E-state index contributed by atoms with van der Waals surface area (Å²) in [6.45, 7) is 5.08. The molecule has 5 heteroatoms. The molecule has 1 fully saturated rings. The largest absolute Gasteiger partial charge is 0.361 e. The minimum absolute atomic E-state index is 0.495. The highest BCUT2D eigenvalue weighted by atomic mass is 15.1. The van der Waals surface area contributed by atoms with Gasteiger partial charge in [-0.2, -0.15) is 0 Å². The summed E-state index contributed by atoms with van der Waals surface area (Å²) in [5.41, 5.74) is 5.13. The highest BCUT2D eigenvalue weighted by Gasteiger charge is 2.23. The molecule has 1 saturated heterocycles. The second-order valence-corrected chi connectivity index (χ2v) is 7.21. The summed E-state index contributed by atoms with van der Waals surface area (Å²) in [4.78, 5) is 15.4. The molecule has 1 atom stereocenters. The van der Waals surface area contributed by atoms with E-state index in [9.17, 15) is 0 Å². The number of nitrogens with one attached hydrogen (secondary N) is 2. The zero-order valence-electron chi connectivity index (χ0n) is 14.3. The first-order valence-corrected chi connectivity index (χ1v) is 9.19. The first-order chi connectivity index (χ1) is 12.4. The molecule has 0 radical (unpaired) electrons. The van der Waals surface area contributed by atoms with Gasteiger partial charge in [0.15, 0.2) is 0 Å². The number of aromatic amines is 1. The van der Waals surface area contributed by atoms with Gasteiger partial charge in [0.2, 0.25) is 0 Å². The van der Waals surface area contributed by atoms with Crippen LogP contribution in [0.5, 0.6) is 0 Å². The minimum Gasteiger partial charge on any atom is -0.361 e. The van der Waals surface area contributed by atoms with Crippen LogP contribution in [0.2, 0.25) is 0 Å². The predicted molar refractivity (Wildman–Crippen MR) is 98.4 cm³/mol. The van der Waals surface area contributed by atoms with Crippen LogP contribution in [-0.4, -0.2) is 39.5 Å². The molecule has 0 amide bonds. The zero-order chi connectivity index (χ0) is 16.6. The molecule has 5 rings (SSSR count). The molecule has 2 aliphatic heterocycles. The fraction of sp³-hybridized carbons (Fsp3) is 0.400. The molecule has 5 nitrogen and oxygen atoms in total. The average Bonchev–Trinajstić information content (AvgIpc) is 3.32. The number of aromatic nitrogens is 3. The van der Waals surface area contributed by atoms with E-state index in [-0.39, 0.29) is 0 Å². The Morgan fingerprint density at radius 1 is 1.24 bits per heavy atom. The van der Waals surface area contributed by atoms with Crippen LogP contribution >= 0.6 is 0 Å². The van der Waals surface area contributed by atoms with Gasteiger partial charge in [-0.3, -0.25) is 4.90 Å². The first-order valence-electron chi connectivity index (χ1n) is 9.19. The van der Waals surface area contributed by atoms with Gasteiger partial charge in [0.1, 0.15) is 5.82 Å². The van der Waals surface area contributed by atoms with Crippen molar-refractivity contribution < 1.29 is 0 Å². The Bertz CT molecular complexity index is 894. The van der Waals surface area contributed by atoms with E-state index in [4.69, 9.17) is 4.98 Å². The maximum atomic E-state index is 4.89. The second kappa shape index (κ2) is 6.24. The van der Waals surface area contributed by atoms with Crippen molar-refractivity contribution in [3.05, 3.63) is 59.3 Å². The van der Waals surface area contributed by atoms with Gasteiger partial charge in [0.05, 0.1) is 0 Å². The van der Waals surface area contributed by atoms with E-state index in [2.05, 4.69) is 56.8 Å². The molecule has 2 aromatic heterocycles. The third-order valence-electron chi connectivity index (χ3n) is 5.53. The van der Waals surface area contributed by atoms with Crippen LogP contribution in [0.15, 0.2) is 36.7 Å². The maximum Gasteiger partial charge on any atom is 0.132 e. The minimum atomic E-state index is 0.495. The Labute approximate surface area is 147 Å². The lowest BCUT2D eigenvalue weighted by Gasteiger charge is -2.28. The van der Waals surface area contributed by atoms with Gasteiger partial charge in [0.25, 0.3) is 0 Å². The summed E-state index contributed by atoms with van der Waals surface area (Å²) in [6.07, 6.45) is 6.39. The van der Waals surface area contributed by atoms with Crippen LogP contribution in [-0.2, 0) is 19.5 Å². The molecular weight excluding hydrogens is 310 g/mol. The summed E-state index contributed by atoms with van der Waals surface area (Å²) in [5, 5.41) is 4.73. The van der Waals surface area contributed by atoms with E-state index in [0.29, 0.717) is 5.92 Å². The average molecular weight is 333 g/mol. The van der Waals surface area contributed by atoms with Gasteiger partial charge in [0, 0.05) is 73.1 Å². The highest BCUT2D eigenvalue weighted by molar-refractivity contribution is 5.82. The van der Waals surface area contributed by atoms with Crippen LogP contribution in [0.25, 0.3) is 10.9 Å². The molecule has 0 bridgehead atoms. The van der Waals surface area contributed by atoms with Crippen molar-refractivity contribution in [3.8, 4) is 0 Å². The second-order valence-electron chi connectivity index (χ2n) is 7.21. The molecule has 3 aromatic rings. The quantitative estimate of drug-likeness (QED) is 0.773. The molecule has 0 aliphatic carbocycles. The normalized spacial score (nSPS) is 20.9. The molecule has 1 aromatic carbocycles. The summed E-state index contributed by atoms with van der Waals surface area (Å²) in [6, 6.07) is 8.52. The lowest BCUT2D eigenvalue weighted by atomic mass is 10.0. The van der Waals surface area contributed by atoms with Crippen LogP contribution in [0, 0.1) is 0 Å². The topological polar surface area (TPSA) is 56.8 Å². The van der Waals surface area contributed by atoms with E-state index in [1.165, 1.54) is 27.7 Å². The molecular formula is C20H23N5. The van der Waals surface area contributed by atoms with Crippen molar-refractivity contribution in [1.29, 1.82) is 0 Å². The van der Waals surface area contributed by atoms with Crippen LogP contribution in [0.1, 0.15) is 35.0 Å². The monoisotopic (exact) mass is 333 g/mol. The molecule has 2 aliphatic rings. The first kappa shape index (κ1) is 15.0. The Balaban J connectivity index is 1.34. The van der Waals surface area contributed by atoms with Crippen LogP contribution < -0.4 is 5.32 Å². The Kier molecular flexibility index (Phi) is 3.76. The van der Waals surface area contributed by atoms with Crippen molar-refractivity contribution in [2.45, 2.75) is 31.8 Å². The van der Waals surface area contributed by atoms with Gasteiger partial charge in [-0.1, -0.05) is 18.2 Å². The molecule has 0 spiro atoms. The number of hydrogen-bond donors (Lipinski definition) is 2. The number of benzene rings is 1. The van der Waals surface area contributed by atoms with Gasteiger partial charge in [-0.15, -0.1) is 0 Å². The van der Waals surface area contributed by atoms with Gasteiger partial charge < -0.3 is 10.3 Å². The van der Waals surface area contributed by atoms with Crippen molar-refractivity contribution in [1.82, 2.24) is 25.2 Å². The van der Waals surface area contributed by atoms with E-state index in [1.54, 1.807) is 0 Å². The summed E-state index contributed by atoms with van der Waals surface area (Å²) < 4.78 is 0. The number of H-pyrrole nitrogens is 1. The molecule has 128 valence electrons. The van der Waals surface area contributed by atoms with Crippen LogP contribution in [0.4, 0.5) is 0 Å². The standard InChI is InChI=1S/C20H23N5/c1-2-4-19-17(3-1)15(10-22-19)12-25-8-6-18-16(13-25)11-23-20(24-18)14-5-7-21-9-14/h1-4,10-11,14,21-22H,5-9,12-13H2. The van der Waals surface area contributed by atoms with E-state index in [1.807, 2.05) is 0 Å². The molecule has 25 heavy (non-hydrogen) atoms. The van der Waals surface area contributed by atoms with Gasteiger partial charge in [-0.25, -0.2) is 9.97 Å². The number of para-hydroxylation sites is 1. The molecule has 1 unspecified atom stereocenters. The third-order valence-corrected chi connectivity index (χ3v) is 5.53. The lowest BCUT2D eigenvalue weighted by Crippen LogP contribution is -2.31. The maximum absolute atomic E-state index is 4.89. The summed E-state index contributed by atoms with van der Waals surface area (Å²) >= 11 is 0.